The van der Waals surface area contributed by atoms with Gasteiger partial charge >= 0.3 is 0 Å². The van der Waals surface area contributed by atoms with E-state index in [2.05, 4.69) is 22.7 Å². The van der Waals surface area contributed by atoms with Crippen LogP contribution in [0.4, 0.5) is 0 Å². The Balaban J connectivity index is 1.99. The minimum atomic E-state index is 0.111. The quantitative estimate of drug-likeness (QED) is 0.505. The van der Waals surface area contributed by atoms with Crippen molar-refractivity contribution in [3.63, 3.8) is 0 Å². The molecule has 0 amide bonds. The maximum Gasteiger partial charge on any atom is 0.184 e. The molecule has 21 heavy (non-hydrogen) atoms. The first-order valence-electron chi connectivity index (χ1n) is 6.20. The standard InChI is InChI=1S/C15H14ClN3OS/c16-13-8-12(9-18-19-15(17)21)6-7-14(13)20-10-11-4-2-1-3-5-11/h1-9H,10H2,(H3,17,19,21)/b18-9+. The molecular weight excluding hydrogens is 306 g/mol. The van der Waals surface area contributed by atoms with E-state index in [4.69, 9.17) is 22.1 Å². The lowest BCUT2D eigenvalue weighted by molar-refractivity contribution is 0.306. The Hall–Kier alpha value is -2.11. The van der Waals surface area contributed by atoms with Gasteiger partial charge in [0.05, 0.1) is 11.2 Å². The van der Waals surface area contributed by atoms with Crippen LogP contribution < -0.4 is 15.9 Å². The van der Waals surface area contributed by atoms with Crippen LogP contribution in [0.3, 0.4) is 0 Å². The van der Waals surface area contributed by atoms with E-state index in [0.29, 0.717) is 17.4 Å². The summed E-state index contributed by atoms with van der Waals surface area (Å²) >= 11 is 10.8. The second kappa shape index (κ2) is 7.61. The summed E-state index contributed by atoms with van der Waals surface area (Å²) in [5.74, 6) is 0.625. The zero-order chi connectivity index (χ0) is 15.1. The Morgan fingerprint density at radius 1 is 1.29 bits per heavy atom. The van der Waals surface area contributed by atoms with Gasteiger partial charge in [0.25, 0.3) is 0 Å². The van der Waals surface area contributed by atoms with E-state index >= 15 is 0 Å². The van der Waals surface area contributed by atoms with Crippen LogP contribution in [0, 0.1) is 0 Å². The molecule has 4 nitrogen and oxygen atoms in total. The number of hydrogen-bond donors (Lipinski definition) is 2. The van der Waals surface area contributed by atoms with Crippen molar-refractivity contribution >= 4 is 35.1 Å². The van der Waals surface area contributed by atoms with Crippen LogP contribution >= 0.6 is 23.8 Å². The molecule has 0 fully saturated rings. The number of nitrogens with one attached hydrogen (secondary N) is 1. The number of nitrogens with zero attached hydrogens (tertiary/aromatic N) is 1. The first-order chi connectivity index (χ1) is 10.1. The van der Waals surface area contributed by atoms with E-state index in [1.807, 2.05) is 36.4 Å². The minimum Gasteiger partial charge on any atom is -0.487 e. The number of benzene rings is 2. The fourth-order valence-corrected chi connectivity index (χ4v) is 1.92. The van der Waals surface area contributed by atoms with E-state index in [1.54, 1.807) is 18.3 Å². The third kappa shape index (κ3) is 5.06. The van der Waals surface area contributed by atoms with Crippen molar-refractivity contribution in [2.24, 2.45) is 10.8 Å². The summed E-state index contributed by atoms with van der Waals surface area (Å²) in [7, 11) is 0. The van der Waals surface area contributed by atoms with E-state index in [9.17, 15) is 0 Å². The summed E-state index contributed by atoms with van der Waals surface area (Å²) in [5.41, 5.74) is 9.64. The maximum absolute atomic E-state index is 6.18. The Bertz CT molecular complexity index is 647. The summed E-state index contributed by atoms with van der Waals surface area (Å²) in [6, 6.07) is 15.3. The second-order valence-corrected chi connectivity index (χ2v) is 5.05. The van der Waals surface area contributed by atoms with Crippen LogP contribution in [0.15, 0.2) is 53.6 Å². The Kier molecular flexibility index (Phi) is 5.54. The molecule has 0 bridgehead atoms. The summed E-state index contributed by atoms with van der Waals surface area (Å²) in [6.45, 7) is 0.469. The van der Waals surface area contributed by atoms with Crippen molar-refractivity contribution in [3.05, 3.63) is 64.7 Å². The van der Waals surface area contributed by atoms with Gasteiger partial charge in [0.1, 0.15) is 12.4 Å². The van der Waals surface area contributed by atoms with Crippen molar-refractivity contribution in [2.45, 2.75) is 6.61 Å². The summed E-state index contributed by atoms with van der Waals surface area (Å²) in [5, 5.41) is 4.49. The summed E-state index contributed by atoms with van der Waals surface area (Å²) < 4.78 is 5.69. The predicted octanol–water partition coefficient (Wildman–Crippen LogP) is 3.09. The van der Waals surface area contributed by atoms with Crippen LogP contribution in [0.5, 0.6) is 5.75 Å². The van der Waals surface area contributed by atoms with Crippen molar-refractivity contribution in [1.82, 2.24) is 5.43 Å². The van der Waals surface area contributed by atoms with Crippen molar-refractivity contribution in [3.8, 4) is 5.75 Å². The molecule has 0 unspecified atom stereocenters. The molecule has 2 aromatic rings. The molecule has 0 saturated carbocycles. The largest absolute Gasteiger partial charge is 0.487 e. The zero-order valence-corrected chi connectivity index (χ0v) is 12.7. The number of rotatable bonds is 5. The van der Waals surface area contributed by atoms with Gasteiger partial charge in [-0.15, -0.1) is 0 Å². The van der Waals surface area contributed by atoms with Gasteiger partial charge < -0.3 is 10.5 Å². The molecule has 2 aromatic carbocycles. The van der Waals surface area contributed by atoms with Gasteiger partial charge in [0.15, 0.2) is 5.11 Å². The number of hydrogen-bond acceptors (Lipinski definition) is 3. The number of ether oxygens (including phenoxy) is 1. The smallest absolute Gasteiger partial charge is 0.184 e. The Morgan fingerprint density at radius 3 is 2.71 bits per heavy atom. The molecule has 0 aliphatic carbocycles. The van der Waals surface area contributed by atoms with E-state index in [-0.39, 0.29) is 5.11 Å². The highest BCUT2D eigenvalue weighted by atomic mass is 35.5. The van der Waals surface area contributed by atoms with E-state index in [1.165, 1.54) is 0 Å². The molecule has 0 saturated heterocycles. The normalized spacial score (nSPS) is 10.5. The Labute approximate surface area is 133 Å². The Morgan fingerprint density at radius 2 is 2.05 bits per heavy atom. The number of thiocarbonyl (C=S) groups is 1. The zero-order valence-electron chi connectivity index (χ0n) is 11.1. The van der Waals surface area contributed by atoms with Gasteiger partial charge in [-0.2, -0.15) is 5.10 Å². The fraction of sp³-hybridized carbons (Fsp3) is 0.0667. The SMILES string of the molecule is NC(=S)N/N=C/c1ccc(OCc2ccccc2)c(Cl)c1. The highest BCUT2D eigenvalue weighted by Gasteiger charge is 2.03. The monoisotopic (exact) mass is 319 g/mol. The predicted molar refractivity (Wildman–Crippen MR) is 89.7 cm³/mol. The lowest BCUT2D eigenvalue weighted by Gasteiger charge is -2.08. The van der Waals surface area contributed by atoms with Crippen LogP contribution in [0.1, 0.15) is 11.1 Å². The highest BCUT2D eigenvalue weighted by Crippen LogP contribution is 2.25. The molecule has 3 N–H and O–H groups in total. The van der Waals surface area contributed by atoms with Crippen LogP contribution in [0.2, 0.25) is 5.02 Å². The summed E-state index contributed by atoms with van der Waals surface area (Å²) in [4.78, 5) is 0. The van der Waals surface area contributed by atoms with E-state index in [0.717, 1.165) is 11.1 Å². The average molecular weight is 320 g/mol. The molecule has 0 aliphatic heterocycles. The molecule has 2 rings (SSSR count). The lowest BCUT2D eigenvalue weighted by Crippen LogP contribution is -2.23. The number of nitrogens with two attached hydrogens (primary N) is 1. The molecule has 0 radical (unpaired) electrons. The number of hydrazone groups is 1. The third-order valence-electron chi connectivity index (χ3n) is 2.58. The highest BCUT2D eigenvalue weighted by molar-refractivity contribution is 7.80. The van der Waals surface area contributed by atoms with Crippen molar-refractivity contribution in [1.29, 1.82) is 0 Å². The van der Waals surface area contributed by atoms with Crippen LogP contribution in [-0.4, -0.2) is 11.3 Å². The van der Waals surface area contributed by atoms with Crippen LogP contribution in [0.25, 0.3) is 0 Å². The second-order valence-electron chi connectivity index (χ2n) is 4.20. The first kappa shape index (κ1) is 15.3. The number of halogens is 1. The van der Waals surface area contributed by atoms with Crippen molar-refractivity contribution in [2.75, 3.05) is 0 Å². The fourth-order valence-electron chi connectivity index (χ4n) is 1.62. The molecule has 0 heterocycles. The van der Waals surface area contributed by atoms with Gasteiger partial charge in [-0.25, -0.2) is 0 Å². The molecule has 0 aromatic heterocycles. The van der Waals surface area contributed by atoms with E-state index < -0.39 is 0 Å². The first-order valence-corrected chi connectivity index (χ1v) is 6.98. The van der Waals surface area contributed by atoms with Gasteiger partial charge in [-0.3, -0.25) is 5.43 Å². The molecule has 0 aliphatic rings. The van der Waals surface area contributed by atoms with Crippen molar-refractivity contribution < 1.29 is 4.74 Å². The molecule has 108 valence electrons. The molecule has 6 heteroatoms. The third-order valence-corrected chi connectivity index (χ3v) is 2.97. The lowest BCUT2D eigenvalue weighted by atomic mass is 10.2. The molecule has 0 atom stereocenters. The maximum atomic E-state index is 6.18. The van der Waals surface area contributed by atoms with Gasteiger partial charge in [0.2, 0.25) is 0 Å². The summed E-state index contributed by atoms with van der Waals surface area (Å²) in [6.07, 6.45) is 1.58. The van der Waals surface area contributed by atoms with Gasteiger partial charge in [-0.1, -0.05) is 41.9 Å². The van der Waals surface area contributed by atoms with Gasteiger partial charge in [-0.05, 0) is 41.5 Å². The molecule has 0 spiro atoms. The molecular formula is C15H14ClN3OS. The van der Waals surface area contributed by atoms with Crippen LogP contribution in [-0.2, 0) is 6.61 Å². The average Bonchev–Trinajstić information content (AvgIpc) is 2.47. The van der Waals surface area contributed by atoms with Gasteiger partial charge in [0, 0.05) is 0 Å². The topological polar surface area (TPSA) is 59.6 Å². The minimum absolute atomic E-state index is 0.111.